The summed E-state index contributed by atoms with van der Waals surface area (Å²) >= 11 is 2.34. The van der Waals surface area contributed by atoms with Crippen molar-refractivity contribution >= 4 is 22.6 Å². The largest absolute Gasteiger partial charge is 0.492 e. The number of rotatable bonds is 0. The van der Waals surface area contributed by atoms with E-state index in [2.05, 4.69) is 41.6 Å². The van der Waals surface area contributed by atoms with Crippen LogP contribution in [0, 0.1) is 10.5 Å². The van der Waals surface area contributed by atoms with E-state index in [1.807, 2.05) is 0 Å². The quantitative estimate of drug-likeness (QED) is 0.661. The van der Waals surface area contributed by atoms with Gasteiger partial charge in [-0.05, 0) is 59.5 Å². The summed E-state index contributed by atoms with van der Waals surface area (Å²) in [5, 5.41) is 0. The zero-order valence-electron chi connectivity index (χ0n) is 7.06. The van der Waals surface area contributed by atoms with Crippen LogP contribution < -0.4 is 4.74 Å². The van der Waals surface area contributed by atoms with Crippen LogP contribution in [-0.2, 0) is 6.42 Å². The lowest BCUT2D eigenvalue weighted by Gasteiger charge is -2.18. The Morgan fingerprint density at radius 1 is 1.42 bits per heavy atom. The Bertz CT molecular complexity index is 307. The summed E-state index contributed by atoms with van der Waals surface area (Å²) in [6.45, 7) is 3.02. The molecule has 0 saturated heterocycles. The second-order valence-electron chi connectivity index (χ2n) is 3.19. The normalized spacial score (nSPS) is 15.2. The van der Waals surface area contributed by atoms with Gasteiger partial charge in [0.1, 0.15) is 5.75 Å². The van der Waals surface area contributed by atoms with Crippen LogP contribution in [0.15, 0.2) is 12.1 Å². The molecular formula is C10H11IO. The lowest BCUT2D eigenvalue weighted by atomic mass is 10.0. The molecule has 0 N–H and O–H groups in total. The van der Waals surface area contributed by atoms with Crippen molar-refractivity contribution in [1.29, 1.82) is 0 Å². The van der Waals surface area contributed by atoms with E-state index in [-0.39, 0.29) is 0 Å². The molecule has 12 heavy (non-hydrogen) atoms. The van der Waals surface area contributed by atoms with Gasteiger partial charge in [0.05, 0.1) is 10.2 Å². The molecule has 0 aliphatic carbocycles. The van der Waals surface area contributed by atoms with E-state index >= 15 is 0 Å². The van der Waals surface area contributed by atoms with Crippen molar-refractivity contribution < 1.29 is 4.74 Å². The van der Waals surface area contributed by atoms with E-state index in [0.717, 1.165) is 18.8 Å². The van der Waals surface area contributed by atoms with Crippen LogP contribution in [0.1, 0.15) is 17.5 Å². The van der Waals surface area contributed by atoms with Gasteiger partial charge in [0.25, 0.3) is 0 Å². The van der Waals surface area contributed by atoms with Crippen molar-refractivity contribution in [1.82, 2.24) is 0 Å². The fraction of sp³-hybridized carbons (Fsp3) is 0.400. The van der Waals surface area contributed by atoms with E-state index in [0.29, 0.717) is 0 Å². The highest BCUT2D eigenvalue weighted by molar-refractivity contribution is 14.1. The van der Waals surface area contributed by atoms with Crippen molar-refractivity contribution in [2.75, 3.05) is 6.61 Å². The Morgan fingerprint density at radius 3 is 3.08 bits per heavy atom. The molecule has 0 amide bonds. The third kappa shape index (κ3) is 1.44. The van der Waals surface area contributed by atoms with Gasteiger partial charge in [0.2, 0.25) is 0 Å². The summed E-state index contributed by atoms with van der Waals surface area (Å²) < 4.78 is 6.85. The second kappa shape index (κ2) is 3.24. The fourth-order valence-corrected chi connectivity index (χ4v) is 2.58. The monoisotopic (exact) mass is 274 g/mol. The molecule has 1 aliphatic heterocycles. The van der Waals surface area contributed by atoms with Gasteiger partial charge in [-0.1, -0.05) is 6.07 Å². The summed E-state index contributed by atoms with van der Waals surface area (Å²) in [6, 6.07) is 4.40. The minimum Gasteiger partial charge on any atom is -0.492 e. The lowest BCUT2D eigenvalue weighted by Crippen LogP contribution is -2.09. The highest BCUT2D eigenvalue weighted by Gasteiger charge is 2.13. The summed E-state index contributed by atoms with van der Waals surface area (Å²) in [4.78, 5) is 0. The molecule has 0 unspecified atom stereocenters. The summed E-state index contributed by atoms with van der Waals surface area (Å²) in [7, 11) is 0. The van der Waals surface area contributed by atoms with Gasteiger partial charge >= 0.3 is 0 Å². The molecule has 0 aromatic heterocycles. The van der Waals surface area contributed by atoms with Crippen LogP contribution in [0.25, 0.3) is 0 Å². The number of benzene rings is 1. The molecule has 0 fully saturated rings. The smallest absolute Gasteiger partial charge is 0.135 e. The Morgan fingerprint density at radius 2 is 2.25 bits per heavy atom. The molecule has 1 heterocycles. The van der Waals surface area contributed by atoms with Crippen LogP contribution in [0.2, 0.25) is 0 Å². The van der Waals surface area contributed by atoms with Gasteiger partial charge < -0.3 is 4.74 Å². The Balaban J connectivity index is 2.53. The van der Waals surface area contributed by atoms with E-state index in [9.17, 15) is 0 Å². The second-order valence-corrected chi connectivity index (χ2v) is 4.35. The van der Waals surface area contributed by atoms with Crippen LogP contribution in [0.4, 0.5) is 0 Å². The molecule has 0 radical (unpaired) electrons. The van der Waals surface area contributed by atoms with E-state index < -0.39 is 0 Å². The van der Waals surface area contributed by atoms with Gasteiger partial charge in [-0.3, -0.25) is 0 Å². The Hall–Kier alpha value is -0.250. The fourth-order valence-electron chi connectivity index (χ4n) is 1.59. The summed E-state index contributed by atoms with van der Waals surface area (Å²) in [5.41, 5.74) is 2.72. The van der Waals surface area contributed by atoms with Crippen LogP contribution in [0.3, 0.4) is 0 Å². The molecule has 2 heteroatoms. The first-order chi connectivity index (χ1) is 5.77. The molecule has 0 atom stereocenters. The first kappa shape index (κ1) is 8.35. The minimum atomic E-state index is 0.881. The summed E-state index contributed by atoms with van der Waals surface area (Å²) in [5.74, 6) is 1.12. The summed E-state index contributed by atoms with van der Waals surface area (Å²) in [6.07, 6.45) is 2.33. The van der Waals surface area contributed by atoms with Gasteiger partial charge in [0, 0.05) is 0 Å². The lowest BCUT2D eigenvalue weighted by molar-refractivity contribution is 0.286. The molecule has 0 spiro atoms. The van der Waals surface area contributed by atoms with Crippen molar-refractivity contribution in [2.24, 2.45) is 0 Å². The Kier molecular flexibility index (Phi) is 2.26. The molecule has 1 aromatic rings. The molecular weight excluding hydrogens is 263 g/mol. The molecule has 0 saturated carbocycles. The molecule has 1 aliphatic rings. The van der Waals surface area contributed by atoms with Gasteiger partial charge in [-0.2, -0.15) is 0 Å². The molecule has 1 aromatic carbocycles. The zero-order chi connectivity index (χ0) is 8.55. The van der Waals surface area contributed by atoms with Crippen molar-refractivity contribution in [3.05, 3.63) is 26.8 Å². The maximum absolute atomic E-state index is 5.60. The van der Waals surface area contributed by atoms with Crippen LogP contribution >= 0.6 is 22.6 Å². The first-order valence-corrected chi connectivity index (χ1v) is 5.27. The highest BCUT2D eigenvalue weighted by atomic mass is 127. The number of hydrogen-bond donors (Lipinski definition) is 0. The van der Waals surface area contributed by atoms with Gasteiger partial charge in [-0.15, -0.1) is 0 Å². The average molecular weight is 274 g/mol. The van der Waals surface area contributed by atoms with Crippen molar-refractivity contribution in [3.8, 4) is 5.75 Å². The number of aryl methyl sites for hydroxylation is 2. The van der Waals surface area contributed by atoms with Crippen molar-refractivity contribution in [3.63, 3.8) is 0 Å². The predicted molar refractivity (Wildman–Crippen MR) is 57.7 cm³/mol. The van der Waals surface area contributed by atoms with E-state index in [4.69, 9.17) is 4.74 Å². The van der Waals surface area contributed by atoms with Crippen molar-refractivity contribution in [2.45, 2.75) is 19.8 Å². The zero-order valence-corrected chi connectivity index (χ0v) is 9.22. The number of halogens is 1. The first-order valence-electron chi connectivity index (χ1n) is 4.19. The third-order valence-corrected chi connectivity index (χ3v) is 2.90. The standard InChI is InChI=1S/C10H11IO/c1-7-5-8-3-2-4-12-10(8)9(11)6-7/h5-6H,2-4H2,1H3. The molecule has 1 nitrogen and oxygen atoms in total. The highest BCUT2D eigenvalue weighted by Crippen LogP contribution is 2.31. The number of ether oxygens (including phenoxy) is 1. The van der Waals surface area contributed by atoms with E-state index in [1.165, 1.54) is 21.1 Å². The van der Waals surface area contributed by atoms with E-state index in [1.54, 1.807) is 0 Å². The average Bonchev–Trinajstić information content (AvgIpc) is 2.04. The predicted octanol–water partition coefficient (Wildman–Crippen LogP) is 2.92. The van der Waals surface area contributed by atoms with Crippen LogP contribution in [-0.4, -0.2) is 6.61 Å². The van der Waals surface area contributed by atoms with Gasteiger partial charge in [-0.25, -0.2) is 0 Å². The third-order valence-electron chi connectivity index (χ3n) is 2.10. The SMILES string of the molecule is Cc1cc(I)c2c(c1)CCCO2. The topological polar surface area (TPSA) is 9.23 Å². The van der Waals surface area contributed by atoms with Gasteiger partial charge in [0.15, 0.2) is 0 Å². The minimum absolute atomic E-state index is 0.881. The maximum Gasteiger partial charge on any atom is 0.135 e. The molecule has 0 bridgehead atoms. The maximum atomic E-state index is 5.60. The number of fused-ring (bicyclic) bond motifs is 1. The molecule has 2 rings (SSSR count). The Labute approximate surface area is 86.3 Å². The van der Waals surface area contributed by atoms with Crippen LogP contribution in [0.5, 0.6) is 5.75 Å². The molecule has 64 valence electrons. The number of hydrogen-bond acceptors (Lipinski definition) is 1.